The lowest BCUT2D eigenvalue weighted by Gasteiger charge is -2.43. The van der Waals surface area contributed by atoms with Gasteiger partial charge in [-0.2, -0.15) is 0 Å². The van der Waals surface area contributed by atoms with Crippen LogP contribution < -0.4 is 10.2 Å². The molecule has 2 aromatic heterocycles. The Kier molecular flexibility index (Phi) is 5.54. The number of anilines is 1. The van der Waals surface area contributed by atoms with Crippen LogP contribution in [0.3, 0.4) is 0 Å². The summed E-state index contributed by atoms with van der Waals surface area (Å²) in [5.41, 5.74) is 2.35. The molecule has 3 saturated heterocycles. The molecule has 4 fully saturated rings. The van der Waals surface area contributed by atoms with Gasteiger partial charge in [0.25, 0.3) is 0 Å². The Morgan fingerprint density at radius 2 is 1.90 bits per heavy atom. The van der Waals surface area contributed by atoms with Gasteiger partial charge < -0.3 is 29.9 Å². The number of halogens is 2. The van der Waals surface area contributed by atoms with E-state index in [0.29, 0.717) is 40.1 Å². The van der Waals surface area contributed by atoms with Crippen LogP contribution >= 0.6 is 11.6 Å². The highest BCUT2D eigenvalue weighted by atomic mass is 35.5. The zero-order valence-corrected chi connectivity index (χ0v) is 23.5. The third-order valence-electron chi connectivity index (χ3n) is 9.40. The van der Waals surface area contributed by atoms with Crippen LogP contribution in [-0.2, 0) is 6.61 Å². The number of pyridine rings is 1. The molecule has 5 aromatic rings. The van der Waals surface area contributed by atoms with Crippen molar-refractivity contribution in [3.8, 4) is 16.9 Å². The molecule has 0 radical (unpaired) electrons. The van der Waals surface area contributed by atoms with Crippen LogP contribution in [0, 0.1) is 11.7 Å². The van der Waals surface area contributed by atoms with Gasteiger partial charge in [0, 0.05) is 42.7 Å². The number of rotatable bonds is 5. The Labute approximate surface area is 241 Å². The number of aromatic nitrogens is 3. The minimum absolute atomic E-state index is 0.0345. The number of aliphatic hydroxyl groups is 1. The molecule has 8 nitrogen and oxygen atoms in total. The van der Waals surface area contributed by atoms with Crippen molar-refractivity contribution in [3.05, 3.63) is 59.1 Å². The summed E-state index contributed by atoms with van der Waals surface area (Å²) in [5, 5.41) is 26.9. The fraction of sp³-hybridized carbons (Fsp3) is 0.355. The highest BCUT2D eigenvalue weighted by Crippen LogP contribution is 2.49. The van der Waals surface area contributed by atoms with E-state index in [1.165, 1.54) is 0 Å². The lowest BCUT2D eigenvalue weighted by molar-refractivity contribution is 0.200. The number of aromatic hydroxyl groups is 1. The van der Waals surface area contributed by atoms with Gasteiger partial charge in [-0.1, -0.05) is 35.9 Å². The van der Waals surface area contributed by atoms with Crippen molar-refractivity contribution >= 4 is 50.1 Å². The topological polar surface area (TPSA) is 89.7 Å². The van der Waals surface area contributed by atoms with E-state index in [9.17, 15) is 10.2 Å². The third-order valence-corrected chi connectivity index (χ3v) is 9.70. The summed E-state index contributed by atoms with van der Waals surface area (Å²) in [7, 11) is 4.10. The Morgan fingerprint density at radius 3 is 2.61 bits per heavy atom. The first-order valence-electron chi connectivity index (χ1n) is 14.0. The molecule has 210 valence electrons. The highest BCUT2D eigenvalue weighted by Gasteiger charge is 2.49. The maximum absolute atomic E-state index is 16.9. The lowest BCUT2D eigenvalue weighted by Crippen LogP contribution is -2.57. The van der Waals surface area contributed by atoms with Crippen molar-refractivity contribution in [3.63, 3.8) is 0 Å². The molecular weight excluding hydrogens is 543 g/mol. The molecule has 3 aliphatic heterocycles. The Balaban J connectivity index is 1.43. The molecule has 4 aliphatic rings. The van der Waals surface area contributed by atoms with Crippen LogP contribution in [0.5, 0.6) is 5.75 Å². The number of nitrogens with one attached hydrogen (secondary N) is 1. The monoisotopic (exact) mass is 572 g/mol. The first-order chi connectivity index (χ1) is 19.8. The largest absolute Gasteiger partial charge is 0.508 e. The van der Waals surface area contributed by atoms with E-state index in [-0.39, 0.29) is 40.5 Å². The quantitative estimate of drug-likeness (QED) is 0.282. The Morgan fingerprint density at radius 1 is 1.10 bits per heavy atom. The summed E-state index contributed by atoms with van der Waals surface area (Å²) in [5.74, 6) is 1.10. The minimum Gasteiger partial charge on any atom is -0.508 e. The maximum Gasteiger partial charge on any atom is 0.158 e. The minimum atomic E-state index is -0.538. The summed E-state index contributed by atoms with van der Waals surface area (Å²) >= 11 is 6.92. The predicted molar refractivity (Wildman–Crippen MR) is 159 cm³/mol. The SMILES string of the molecule is CN(C)C1CN(c2nc3c(F)c(-c4cc(O)cc5ccccc45)c(Cl)cc3c3c2nc(CO)n3[C@H]2[C@H]3CN[C@@H]2C3)C1. The molecule has 10 heteroatoms. The first kappa shape index (κ1) is 25.2. The van der Waals surface area contributed by atoms with E-state index in [1.807, 2.05) is 24.3 Å². The molecule has 41 heavy (non-hydrogen) atoms. The number of phenols is 1. The predicted octanol–water partition coefficient (Wildman–Crippen LogP) is 4.68. The molecule has 0 unspecified atom stereocenters. The van der Waals surface area contributed by atoms with Crippen molar-refractivity contribution in [1.82, 2.24) is 24.8 Å². The summed E-state index contributed by atoms with van der Waals surface area (Å²) in [6.07, 6.45) is 1.07. The van der Waals surface area contributed by atoms with Gasteiger partial charge in [0.1, 0.15) is 29.2 Å². The number of hydrogen-bond acceptors (Lipinski definition) is 7. The van der Waals surface area contributed by atoms with Gasteiger partial charge in [-0.3, -0.25) is 0 Å². The van der Waals surface area contributed by atoms with Gasteiger partial charge in [-0.05, 0) is 61.0 Å². The number of nitrogens with zero attached hydrogens (tertiary/aromatic N) is 5. The van der Waals surface area contributed by atoms with Crippen molar-refractivity contribution in [2.75, 3.05) is 38.6 Å². The average Bonchev–Trinajstić information content (AvgIpc) is 3.64. The molecular formula is C31H30ClFN6O2. The van der Waals surface area contributed by atoms with E-state index in [4.69, 9.17) is 21.6 Å². The number of phenolic OH excluding ortho intramolecular Hbond substituents is 1. The zero-order chi connectivity index (χ0) is 28.2. The molecule has 3 atom stereocenters. The van der Waals surface area contributed by atoms with Crippen molar-refractivity contribution < 1.29 is 14.6 Å². The van der Waals surface area contributed by atoms with E-state index in [0.717, 1.165) is 42.3 Å². The van der Waals surface area contributed by atoms with Crippen molar-refractivity contribution in [1.29, 1.82) is 0 Å². The number of hydrogen-bond donors (Lipinski definition) is 3. The van der Waals surface area contributed by atoms with Crippen LogP contribution in [-0.4, -0.2) is 75.5 Å². The number of benzene rings is 3. The fourth-order valence-corrected chi connectivity index (χ4v) is 7.44. The summed E-state index contributed by atoms with van der Waals surface area (Å²) in [6.45, 7) is 2.18. The van der Waals surface area contributed by atoms with Crippen LogP contribution in [0.4, 0.5) is 10.2 Å². The van der Waals surface area contributed by atoms with Gasteiger partial charge in [-0.15, -0.1) is 0 Å². The number of aliphatic hydroxyl groups excluding tert-OH is 1. The lowest BCUT2D eigenvalue weighted by atomic mass is 9.79. The summed E-state index contributed by atoms with van der Waals surface area (Å²) in [6, 6.07) is 13.3. The highest BCUT2D eigenvalue weighted by molar-refractivity contribution is 6.35. The first-order valence-corrected chi connectivity index (χ1v) is 14.4. The van der Waals surface area contributed by atoms with E-state index < -0.39 is 5.82 Å². The van der Waals surface area contributed by atoms with Crippen LogP contribution in [0.15, 0.2) is 42.5 Å². The maximum atomic E-state index is 16.9. The van der Waals surface area contributed by atoms with Crippen molar-refractivity contribution in [2.24, 2.45) is 5.92 Å². The normalized spacial score (nSPS) is 22.3. The van der Waals surface area contributed by atoms with Crippen LogP contribution in [0.2, 0.25) is 5.02 Å². The third kappa shape index (κ3) is 3.56. The average molecular weight is 573 g/mol. The second-order valence-electron chi connectivity index (χ2n) is 11.9. The molecule has 0 amide bonds. The summed E-state index contributed by atoms with van der Waals surface area (Å²) in [4.78, 5) is 14.2. The van der Waals surface area contributed by atoms with Crippen LogP contribution in [0.25, 0.3) is 43.8 Å². The van der Waals surface area contributed by atoms with Gasteiger partial charge in [-0.25, -0.2) is 14.4 Å². The number of fused-ring (bicyclic) bond motifs is 5. The molecule has 0 spiro atoms. The zero-order valence-electron chi connectivity index (χ0n) is 22.8. The molecule has 3 N–H and O–H groups in total. The molecule has 5 heterocycles. The smallest absolute Gasteiger partial charge is 0.158 e. The van der Waals surface area contributed by atoms with Gasteiger partial charge in [0.05, 0.1) is 16.6 Å². The second-order valence-corrected chi connectivity index (χ2v) is 12.3. The Hall–Kier alpha value is -3.50. The number of imidazole rings is 1. The molecule has 1 aliphatic carbocycles. The van der Waals surface area contributed by atoms with Crippen LogP contribution in [0.1, 0.15) is 18.3 Å². The number of likely N-dealkylation sites (N-methyl/N-ethyl adjacent to an activating group) is 1. The Bertz CT molecular complexity index is 1870. The van der Waals surface area contributed by atoms with E-state index in [2.05, 4.69) is 33.8 Å². The van der Waals surface area contributed by atoms with Gasteiger partial charge in [0.15, 0.2) is 11.6 Å². The second kappa shape index (κ2) is 9.00. The molecule has 2 bridgehead atoms. The molecule has 1 saturated carbocycles. The van der Waals surface area contributed by atoms with Crippen molar-refractivity contribution in [2.45, 2.75) is 31.2 Å². The van der Waals surface area contributed by atoms with E-state index >= 15 is 4.39 Å². The fourth-order valence-electron chi connectivity index (χ4n) is 7.15. The van der Waals surface area contributed by atoms with Gasteiger partial charge >= 0.3 is 0 Å². The molecule has 3 aromatic carbocycles. The molecule has 9 rings (SSSR count). The van der Waals surface area contributed by atoms with E-state index in [1.54, 1.807) is 18.2 Å². The van der Waals surface area contributed by atoms with Gasteiger partial charge in [0.2, 0.25) is 0 Å². The summed E-state index contributed by atoms with van der Waals surface area (Å²) < 4.78 is 19.0. The standard InChI is InChI=1S/C31H30ClFN6O2/c1-37(2)17-12-38(13-17)31-28-30(39(24(14-40)35-28)29-16-8-23(29)34-11-16)21-10-22(32)25(26(33)27(21)36-31)20-9-18(41)7-15-5-3-4-6-19(15)20/h3-7,9-10,16-17,23,29,34,40-41H,8,11-14H2,1-2H3/t16-,23-,29+/m1/s1.